The van der Waals surface area contributed by atoms with E-state index < -0.39 is 0 Å². The van der Waals surface area contributed by atoms with Crippen molar-refractivity contribution in [1.29, 1.82) is 0 Å². The van der Waals surface area contributed by atoms with Crippen LogP contribution in [0, 0.1) is 0 Å². The second-order valence-corrected chi connectivity index (χ2v) is 7.07. The average molecular weight is 431 g/mol. The Labute approximate surface area is 184 Å². The van der Waals surface area contributed by atoms with Gasteiger partial charge in [0, 0.05) is 16.1 Å². The summed E-state index contributed by atoms with van der Waals surface area (Å²) < 4.78 is 5.12. The van der Waals surface area contributed by atoms with Gasteiger partial charge in [-0.1, -0.05) is 54.1 Å². The quantitative estimate of drug-likeness (QED) is 0.306. The fourth-order valence-corrected chi connectivity index (χ4v) is 3.09. The summed E-state index contributed by atoms with van der Waals surface area (Å²) in [5.74, 6) is 0.795. The third kappa shape index (κ3) is 4.99. The summed E-state index contributed by atoms with van der Waals surface area (Å²) in [5, 5.41) is 14.6. The number of ether oxygens (including phenoxy) is 1. The lowest BCUT2D eigenvalue weighted by molar-refractivity contribution is 0.373. The molecule has 0 aliphatic rings. The van der Waals surface area contributed by atoms with Gasteiger partial charge in [-0.2, -0.15) is 5.10 Å². The van der Waals surface area contributed by atoms with Gasteiger partial charge in [0.25, 0.3) is 0 Å². The molecule has 0 aliphatic heterocycles. The van der Waals surface area contributed by atoms with Crippen molar-refractivity contribution in [3.05, 3.63) is 89.4 Å². The Hall–Kier alpha value is -3.90. The van der Waals surface area contributed by atoms with Crippen molar-refractivity contribution in [3.63, 3.8) is 0 Å². The summed E-state index contributed by atoms with van der Waals surface area (Å²) in [7, 11) is 1.50. The average Bonchev–Trinajstić information content (AvgIpc) is 2.81. The molecule has 0 unspecified atom stereocenters. The number of methoxy groups -OCH3 is 1. The molecule has 31 heavy (non-hydrogen) atoms. The molecule has 6 nitrogen and oxygen atoms in total. The SMILES string of the molecule is COc1cc(/C=N\Nc2nc(-c3ccccc3)cc(-c3ccc(Cl)cc3)n2)ccc1O. The van der Waals surface area contributed by atoms with Gasteiger partial charge in [0.2, 0.25) is 5.95 Å². The highest BCUT2D eigenvalue weighted by molar-refractivity contribution is 6.30. The third-order valence-corrected chi connectivity index (χ3v) is 4.77. The van der Waals surface area contributed by atoms with Crippen LogP contribution >= 0.6 is 11.6 Å². The molecule has 7 heteroatoms. The molecule has 0 amide bonds. The number of anilines is 1. The number of rotatable bonds is 6. The second kappa shape index (κ2) is 9.28. The standard InChI is InChI=1S/C24H19ClN4O2/c1-31-23-13-16(7-12-22(23)30)15-26-29-24-27-20(17-5-3-2-4-6-17)14-21(28-24)18-8-10-19(25)11-9-18/h2-15,30H,1H3,(H,27,28,29)/b26-15-. The maximum atomic E-state index is 9.72. The van der Waals surface area contributed by atoms with Crippen LogP contribution in [0.4, 0.5) is 5.95 Å². The van der Waals surface area contributed by atoms with Crippen LogP contribution in [0.15, 0.2) is 84.0 Å². The summed E-state index contributed by atoms with van der Waals surface area (Å²) in [6, 6.07) is 24.2. The van der Waals surface area contributed by atoms with Gasteiger partial charge in [0.1, 0.15) is 0 Å². The van der Waals surface area contributed by atoms with E-state index >= 15 is 0 Å². The van der Waals surface area contributed by atoms with Gasteiger partial charge in [0.15, 0.2) is 11.5 Å². The first-order valence-electron chi connectivity index (χ1n) is 9.49. The highest BCUT2D eigenvalue weighted by Gasteiger charge is 2.09. The van der Waals surface area contributed by atoms with E-state index in [1.807, 2.05) is 60.7 Å². The number of hydrogen-bond donors (Lipinski definition) is 2. The first kappa shape index (κ1) is 20.4. The van der Waals surface area contributed by atoms with Crippen LogP contribution in [0.2, 0.25) is 5.02 Å². The van der Waals surface area contributed by atoms with E-state index in [0.29, 0.717) is 16.7 Å². The number of hydrazone groups is 1. The smallest absolute Gasteiger partial charge is 0.244 e. The highest BCUT2D eigenvalue weighted by atomic mass is 35.5. The Balaban J connectivity index is 1.66. The monoisotopic (exact) mass is 430 g/mol. The second-order valence-electron chi connectivity index (χ2n) is 6.64. The number of phenolic OH excluding ortho intramolecular Hbond substituents is 1. The Morgan fingerprint density at radius 1 is 0.903 bits per heavy atom. The molecule has 2 N–H and O–H groups in total. The molecule has 4 rings (SSSR count). The molecule has 154 valence electrons. The van der Waals surface area contributed by atoms with Gasteiger partial charge in [-0.3, -0.25) is 0 Å². The Bertz CT molecular complexity index is 1210. The van der Waals surface area contributed by atoms with Crippen LogP contribution in [0.1, 0.15) is 5.56 Å². The lowest BCUT2D eigenvalue weighted by Gasteiger charge is -2.08. The Morgan fingerprint density at radius 2 is 1.58 bits per heavy atom. The first-order chi connectivity index (χ1) is 15.1. The van der Waals surface area contributed by atoms with Crippen LogP contribution in [0.25, 0.3) is 22.5 Å². The third-order valence-electron chi connectivity index (χ3n) is 4.52. The Morgan fingerprint density at radius 3 is 2.26 bits per heavy atom. The van der Waals surface area contributed by atoms with Crippen LogP contribution in [-0.4, -0.2) is 28.4 Å². The van der Waals surface area contributed by atoms with Crippen molar-refractivity contribution in [2.45, 2.75) is 0 Å². The van der Waals surface area contributed by atoms with Gasteiger partial charge >= 0.3 is 0 Å². The number of nitrogens with zero attached hydrogens (tertiary/aromatic N) is 3. The lowest BCUT2D eigenvalue weighted by Crippen LogP contribution is -2.00. The zero-order chi connectivity index (χ0) is 21.6. The van der Waals surface area contributed by atoms with Gasteiger partial charge < -0.3 is 9.84 Å². The van der Waals surface area contributed by atoms with Gasteiger partial charge in [-0.25, -0.2) is 15.4 Å². The largest absolute Gasteiger partial charge is 0.504 e. The number of phenols is 1. The molecule has 0 aliphatic carbocycles. The van der Waals surface area contributed by atoms with E-state index in [1.165, 1.54) is 7.11 Å². The number of aromatic nitrogens is 2. The summed E-state index contributed by atoms with van der Waals surface area (Å²) in [6.07, 6.45) is 1.60. The molecule has 3 aromatic carbocycles. The highest BCUT2D eigenvalue weighted by Crippen LogP contribution is 2.27. The molecular weight excluding hydrogens is 412 g/mol. The lowest BCUT2D eigenvalue weighted by atomic mass is 10.1. The number of halogens is 1. The van der Waals surface area contributed by atoms with Crippen LogP contribution < -0.4 is 10.2 Å². The van der Waals surface area contributed by atoms with E-state index in [9.17, 15) is 5.11 Å². The number of hydrogen-bond acceptors (Lipinski definition) is 6. The summed E-state index contributed by atoms with van der Waals surface area (Å²) in [4.78, 5) is 9.19. The van der Waals surface area contributed by atoms with E-state index in [1.54, 1.807) is 24.4 Å². The molecule has 0 fully saturated rings. The topological polar surface area (TPSA) is 79.6 Å². The fraction of sp³-hybridized carbons (Fsp3) is 0.0417. The van der Waals surface area contributed by atoms with Crippen molar-refractivity contribution in [2.75, 3.05) is 12.5 Å². The maximum absolute atomic E-state index is 9.72. The van der Waals surface area contributed by atoms with Crippen molar-refractivity contribution >= 4 is 23.8 Å². The maximum Gasteiger partial charge on any atom is 0.244 e. The molecular formula is C24H19ClN4O2. The molecule has 0 saturated heterocycles. The summed E-state index contributed by atoms with van der Waals surface area (Å²) >= 11 is 6.03. The minimum Gasteiger partial charge on any atom is -0.504 e. The zero-order valence-electron chi connectivity index (χ0n) is 16.7. The number of nitrogens with one attached hydrogen (secondary N) is 1. The molecule has 0 saturated carbocycles. The summed E-state index contributed by atoms with van der Waals surface area (Å²) in [6.45, 7) is 0. The van der Waals surface area contributed by atoms with Crippen LogP contribution in [0.5, 0.6) is 11.5 Å². The van der Waals surface area contributed by atoms with Crippen molar-refractivity contribution in [2.24, 2.45) is 5.10 Å². The van der Waals surface area contributed by atoms with Gasteiger partial charge in [0.05, 0.1) is 24.7 Å². The molecule has 0 radical (unpaired) electrons. The van der Waals surface area contributed by atoms with Gasteiger partial charge in [-0.05, 0) is 42.0 Å². The minimum absolute atomic E-state index is 0.0686. The number of benzene rings is 3. The van der Waals surface area contributed by atoms with E-state index in [2.05, 4.69) is 20.5 Å². The number of aromatic hydroxyl groups is 1. The van der Waals surface area contributed by atoms with Crippen molar-refractivity contribution in [3.8, 4) is 34.0 Å². The molecule has 1 aromatic heterocycles. The van der Waals surface area contributed by atoms with Gasteiger partial charge in [-0.15, -0.1) is 0 Å². The molecule has 1 heterocycles. The van der Waals surface area contributed by atoms with Crippen LogP contribution in [0.3, 0.4) is 0 Å². The van der Waals surface area contributed by atoms with Crippen molar-refractivity contribution < 1.29 is 9.84 Å². The first-order valence-corrected chi connectivity index (χ1v) is 9.87. The van der Waals surface area contributed by atoms with E-state index in [4.69, 9.17) is 16.3 Å². The predicted octanol–water partition coefficient (Wildman–Crippen LogP) is 5.62. The Kier molecular flexibility index (Phi) is 6.10. The fourth-order valence-electron chi connectivity index (χ4n) is 2.96. The van der Waals surface area contributed by atoms with E-state index in [0.717, 1.165) is 28.1 Å². The molecule has 0 atom stereocenters. The minimum atomic E-state index is 0.0686. The molecule has 0 spiro atoms. The zero-order valence-corrected chi connectivity index (χ0v) is 17.4. The molecule has 0 bridgehead atoms. The summed E-state index contributed by atoms with van der Waals surface area (Å²) in [5.41, 5.74) is 7.04. The molecule has 4 aromatic rings. The van der Waals surface area contributed by atoms with Crippen LogP contribution in [-0.2, 0) is 0 Å². The van der Waals surface area contributed by atoms with Crippen molar-refractivity contribution in [1.82, 2.24) is 9.97 Å². The predicted molar refractivity (Wildman–Crippen MR) is 124 cm³/mol. The normalized spacial score (nSPS) is 10.9. The van der Waals surface area contributed by atoms with E-state index in [-0.39, 0.29) is 5.75 Å².